The molecule has 2 N–H and O–H groups in total. The molecule has 1 aliphatic heterocycles. The summed E-state index contributed by atoms with van der Waals surface area (Å²) in [6, 6.07) is 8.72. The monoisotopic (exact) mass is 264 g/mol. The van der Waals surface area contributed by atoms with Gasteiger partial charge in [-0.3, -0.25) is 4.90 Å². The molecular weight excluding hydrogens is 240 g/mol. The van der Waals surface area contributed by atoms with Gasteiger partial charge in [-0.1, -0.05) is 24.3 Å². The molecule has 0 atom stereocenters. The number of hydrogen-bond acceptors (Lipinski definition) is 3. The Morgan fingerprint density at radius 2 is 2.00 bits per heavy atom. The molecule has 0 aliphatic carbocycles. The topological polar surface area (TPSA) is 29.3 Å². The van der Waals surface area contributed by atoms with Crippen molar-refractivity contribution in [2.24, 2.45) is 5.73 Å². The summed E-state index contributed by atoms with van der Waals surface area (Å²) < 4.78 is 0.390. The predicted octanol–water partition coefficient (Wildman–Crippen LogP) is 2.52. The number of benzene rings is 1. The molecule has 0 aromatic heterocycles. The fourth-order valence-electron chi connectivity index (χ4n) is 2.60. The molecule has 1 aromatic carbocycles. The van der Waals surface area contributed by atoms with E-state index >= 15 is 0 Å². The minimum Gasteiger partial charge on any atom is -0.330 e. The highest BCUT2D eigenvalue weighted by molar-refractivity contribution is 8.00. The van der Waals surface area contributed by atoms with Gasteiger partial charge in [0.15, 0.2) is 0 Å². The minimum atomic E-state index is 0.390. The Labute approximate surface area is 115 Å². The number of nitrogens with two attached hydrogens (primary N) is 1. The fourth-order valence-corrected chi connectivity index (χ4v) is 3.78. The van der Waals surface area contributed by atoms with Crippen molar-refractivity contribution in [3.63, 3.8) is 0 Å². The van der Waals surface area contributed by atoms with Crippen LogP contribution in [-0.4, -0.2) is 35.0 Å². The second kappa shape index (κ2) is 6.09. The number of hydrogen-bond donors (Lipinski definition) is 1. The zero-order chi connectivity index (χ0) is 13.0. The van der Waals surface area contributed by atoms with Crippen molar-refractivity contribution < 1.29 is 0 Å². The van der Waals surface area contributed by atoms with Crippen LogP contribution in [0.4, 0.5) is 0 Å². The highest BCUT2D eigenvalue weighted by Gasteiger charge is 2.26. The summed E-state index contributed by atoms with van der Waals surface area (Å²) in [5, 5.41) is 0. The lowest BCUT2D eigenvalue weighted by atomic mass is 10.0. The van der Waals surface area contributed by atoms with Crippen LogP contribution in [0.25, 0.3) is 0 Å². The van der Waals surface area contributed by atoms with E-state index in [9.17, 15) is 0 Å². The highest BCUT2D eigenvalue weighted by atomic mass is 32.2. The zero-order valence-electron chi connectivity index (χ0n) is 11.5. The first-order valence-corrected chi connectivity index (χ1v) is 7.72. The van der Waals surface area contributed by atoms with Crippen molar-refractivity contribution in [1.29, 1.82) is 0 Å². The van der Waals surface area contributed by atoms with E-state index in [0.717, 1.165) is 19.5 Å². The Kier molecular flexibility index (Phi) is 4.71. The van der Waals surface area contributed by atoms with Gasteiger partial charge in [0.05, 0.1) is 0 Å². The second-order valence-corrected chi connectivity index (χ2v) is 7.43. The molecule has 1 fully saturated rings. The first-order valence-electron chi connectivity index (χ1n) is 6.74. The van der Waals surface area contributed by atoms with Gasteiger partial charge < -0.3 is 5.73 Å². The van der Waals surface area contributed by atoms with E-state index in [1.54, 1.807) is 0 Å². The Balaban J connectivity index is 2.04. The molecule has 0 spiro atoms. The molecule has 0 radical (unpaired) electrons. The zero-order valence-corrected chi connectivity index (χ0v) is 12.3. The molecule has 1 heterocycles. The third kappa shape index (κ3) is 3.74. The summed E-state index contributed by atoms with van der Waals surface area (Å²) >= 11 is 2.09. The van der Waals surface area contributed by atoms with Crippen LogP contribution < -0.4 is 5.73 Å². The summed E-state index contributed by atoms with van der Waals surface area (Å²) in [7, 11) is 0. The largest absolute Gasteiger partial charge is 0.330 e. The summed E-state index contributed by atoms with van der Waals surface area (Å²) in [6.07, 6.45) is 0.988. The van der Waals surface area contributed by atoms with E-state index in [1.807, 2.05) is 0 Å². The quantitative estimate of drug-likeness (QED) is 0.906. The van der Waals surface area contributed by atoms with Crippen LogP contribution in [0.15, 0.2) is 24.3 Å². The van der Waals surface area contributed by atoms with Crippen LogP contribution in [-0.2, 0) is 13.0 Å². The summed E-state index contributed by atoms with van der Waals surface area (Å²) in [6.45, 7) is 8.86. The molecule has 1 aliphatic rings. The van der Waals surface area contributed by atoms with Crippen molar-refractivity contribution in [3.8, 4) is 0 Å². The third-order valence-corrected chi connectivity index (χ3v) is 4.73. The molecule has 100 valence electrons. The van der Waals surface area contributed by atoms with Gasteiger partial charge in [-0.05, 0) is 37.9 Å². The molecule has 1 aromatic rings. The maximum Gasteiger partial charge on any atom is 0.0237 e. The fraction of sp³-hybridized carbons (Fsp3) is 0.600. The van der Waals surface area contributed by atoms with Crippen LogP contribution in [0.2, 0.25) is 0 Å². The van der Waals surface area contributed by atoms with E-state index in [-0.39, 0.29) is 0 Å². The first-order chi connectivity index (χ1) is 8.61. The van der Waals surface area contributed by atoms with Crippen LogP contribution >= 0.6 is 11.8 Å². The first kappa shape index (κ1) is 13.9. The van der Waals surface area contributed by atoms with Gasteiger partial charge in [0.1, 0.15) is 0 Å². The van der Waals surface area contributed by atoms with Gasteiger partial charge >= 0.3 is 0 Å². The number of nitrogens with zero attached hydrogens (tertiary/aromatic N) is 1. The summed E-state index contributed by atoms with van der Waals surface area (Å²) in [5.41, 5.74) is 8.55. The van der Waals surface area contributed by atoms with Gasteiger partial charge in [0.2, 0.25) is 0 Å². The van der Waals surface area contributed by atoms with E-state index in [0.29, 0.717) is 4.75 Å². The van der Waals surface area contributed by atoms with E-state index in [4.69, 9.17) is 5.73 Å². The summed E-state index contributed by atoms with van der Waals surface area (Å²) in [5.74, 6) is 1.24. The van der Waals surface area contributed by atoms with Crippen LogP contribution in [0, 0.1) is 0 Å². The predicted molar refractivity (Wildman–Crippen MR) is 81.0 cm³/mol. The second-order valence-electron chi connectivity index (χ2n) is 5.63. The van der Waals surface area contributed by atoms with Gasteiger partial charge in [-0.15, -0.1) is 0 Å². The average molecular weight is 264 g/mol. The lowest BCUT2D eigenvalue weighted by Gasteiger charge is -2.37. The molecule has 0 amide bonds. The molecule has 1 saturated heterocycles. The molecule has 2 rings (SSSR count). The standard InChI is InChI=1S/C15H24N2S/c1-15(2)12-17(9-10-18-15)11-14-6-4-3-5-13(14)7-8-16/h3-6H,7-12,16H2,1-2H3. The molecular formula is C15H24N2S. The van der Waals surface area contributed by atoms with Crippen molar-refractivity contribution in [3.05, 3.63) is 35.4 Å². The number of rotatable bonds is 4. The van der Waals surface area contributed by atoms with Gasteiger partial charge in [0, 0.05) is 30.1 Å². The molecule has 2 nitrogen and oxygen atoms in total. The molecule has 3 heteroatoms. The molecule has 0 saturated carbocycles. The van der Waals surface area contributed by atoms with Crippen molar-refractivity contribution in [2.75, 3.05) is 25.4 Å². The molecule has 0 bridgehead atoms. The van der Waals surface area contributed by atoms with Crippen molar-refractivity contribution in [2.45, 2.75) is 31.6 Å². The van der Waals surface area contributed by atoms with Crippen molar-refractivity contribution >= 4 is 11.8 Å². The number of thioether (sulfide) groups is 1. The Bertz CT molecular complexity index is 390. The minimum absolute atomic E-state index is 0.390. The summed E-state index contributed by atoms with van der Waals surface area (Å²) in [4.78, 5) is 2.58. The van der Waals surface area contributed by atoms with E-state index in [2.05, 4.69) is 54.8 Å². The van der Waals surface area contributed by atoms with Gasteiger partial charge in [0.25, 0.3) is 0 Å². The van der Waals surface area contributed by atoms with Gasteiger partial charge in [-0.25, -0.2) is 0 Å². The lowest BCUT2D eigenvalue weighted by molar-refractivity contribution is 0.252. The van der Waals surface area contributed by atoms with E-state index < -0.39 is 0 Å². The van der Waals surface area contributed by atoms with Crippen molar-refractivity contribution in [1.82, 2.24) is 4.90 Å². The van der Waals surface area contributed by atoms with Crippen LogP contribution in [0.5, 0.6) is 0 Å². The molecule has 0 unspecified atom stereocenters. The molecule has 18 heavy (non-hydrogen) atoms. The maximum atomic E-state index is 5.69. The Morgan fingerprint density at radius 1 is 1.28 bits per heavy atom. The highest BCUT2D eigenvalue weighted by Crippen LogP contribution is 2.30. The third-order valence-electron chi connectivity index (χ3n) is 3.43. The van der Waals surface area contributed by atoms with Gasteiger partial charge in [-0.2, -0.15) is 11.8 Å². The smallest absolute Gasteiger partial charge is 0.0237 e. The Morgan fingerprint density at radius 3 is 2.67 bits per heavy atom. The van der Waals surface area contributed by atoms with Crippen LogP contribution in [0.1, 0.15) is 25.0 Å². The maximum absolute atomic E-state index is 5.69. The Hall–Kier alpha value is -0.510. The van der Waals surface area contributed by atoms with E-state index in [1.165, 1.54) is 30.0 Å². The normalized spacial score (nSPS) is 19.9. The van der Waals surface area contributed by atoms with Crippen LogP contribution in [0.3, 0.4) is 0 Å². The lowest BCUT2D eigenvalue weighted by Crippen LogP contribution is -2.42. The average Bonchev–Trinajstić information content (AvgIpc) is 2.31. The SMILES string of the molecule is CC1(C)CN(Cc2ccccc2CCN)CCS1.